The van der Waals surface area contributed by atoms with Crippen molar-refractivity contribution in [2.45, 2.75) is 5.03 Å². The van der Waals surface area contributed by atoms with E-state index in [2.05, 4.69) is 0 Å². The Morgan fingerprint density at radius 3 is 2.50 bits per heavy atom. The van der Waals surface area contributed by atoms with Gasteiger partial charge in [0.2, 0.25) is 0 Å². The lowest BCUT2D eigenvalue weighted by molar-refractivity contribution is 0.610. The molecule has 0 radical (unpaired) electrons. The van der Waals surface area contributed by atoms with Crippen molar-refractivity contribution in [3.8, 4) is 21.7 Å². The van der Waals surface area contributed by atoms with E-state index in [4.69, 9.17) is 10.7 Å². The summed E-state index contributed by atoms with van der Waals surface area (Å²) in [5.74, 6) is 0. The first kappa shape index (κ1) is 18.7. The second-order valence-electron chi connectivity index (χ2n) is 5.69. The topological polar surface area (TPSA) is 73.0 Å². The van der Waals surface area contributed by atoms with Gasteiger partial charge in [-0.15, -0.1) is 23.1 Å². The largest absolute Gasteiger partial charge is 0.398 e. The van der Waals surface area contributed by atoms with Crippen LogP contribution in [0.4, 0.5) is 0 Å². The van der Waals surface area contributed by atoms with Gasteiger partial charge in [-0.05, 0) is 34.9 Å². The molecule has 134 valence electrons. The van der Waals surface area contributed by atoms with Crippen LogP contribution in [-0.2, 0) is 9.84 Å². The number of rotatable bonds is 5. The molecule has 7 heteroatoms. The zero-order chi connectivity index (χ0) is 18.7. The Morgan fingerprint density at radius 1 is 1.19 bits per heavy atom. The number of sulfone groups is 1. The SMILES string of the molecule is CSc1nc(-c2cccs2)cc(-c2ccccc2)c1/C(N)=C/S(C)(=O)=O. The van der Waals surface area contributed by atoms with Gasteiger partial charge < -0.3 is 5.73 Å². The molecule has 0 aliphatic heterocycles. The molecule has 2 N–H and O–H groups in total. The van der Waals surface area contributed by atoms with Crippen LogP contribution in [0, 0.1) is 0 Å². The van der Waals surface area contributed by atoms with Crippen LogP contribution in [0.3, 0.4) is 0 Å². The van der Waals surface area contributed by atoms with Crippen LogP contribution in [0.5, 0.6) is 0 Å². The minimum absolute atomic E-state index is 0.195. The molecule has 1 aromatic carbocycles. The molecule has 0 amide bonds. The van der Waals surface area contributed by atoms with E-state index >= 15 is 0 Å². The van der Waals surface area contributed by atoms with Gasteiger partial charge in [0.25, 0.3) is 0 Å². The van der Waals surface area contributed by atoms with E-state index in [0.717, 1.165) is 33.4 Å². The van der Waals surface area contributed by atoms with Crippen LogP contribution in [0.1, 0.15) is 5.56 Å². The predicted molar refractivity (Wildman–Crippen MR) is 112 cm³/mol. The second kappa shape index (κ2) is 7.65. The lowest BCUT2D eigenvalue weighted by atomic mass is 9.99. The molecule has 0 saturated carbocycles. The van der Waals surface area contributed by atoms with E-state index in [-0.39, 0.29) is 5.70 Å². The number of hydrogen-bond acceptors (Lipinski definition) is 6. The number of aromatic nitrogens is 1. The summed E-state index contributed by atoms with van der Waals surface area (Å²) in [7, 11) is -3.37. The average Bonchev–Trinajstić information content (AvgIpc) is 3.14. The molecular weight excluding hydrogens is 384 g/mol. The first-order valence-electron chi connectivity index (χ1n) is 7.75. The van der Waals surface area contributed by atoms with Crippen LogP contribution >= 0.6 is 23.1 Å². The Hall–Kier alpha value is -2.09. The highest BCUT2D eigenvalue weighted by atomic mass is 32.2. The molecule has 0 fully saturated rings. The highest BCUT2D eigenvalue weighted by Gasteiger charge is 2.18. The van der Waals surface area contributed by atoms with E-state index < -0.39 is 9.84 Å². The minimum Gasteiger partial charge on any atom is -0.398 e. The zero-order valence-electron chi connectivity index (χ0n) is 14.3. The van der Waals surface area contributed by atoms with Crippen molar-refractivity contribution in [2.24, 2.45) is 5.73 Å². The highest BCUT2D eigenvalue weighted by Crippen LogP contribution is 2.37. The maximum Gasteiger partial charge on any atom is 0.170 e. The molecule has 4 nitrogen and oxygen atoms in total. The summed E-state index contributed by atoms with van der Waals surface area (Å²) in [5.41, 5.74) is 9.71. The van der Waals surface area contributed by atoms with Crippen LogP contribution in [0.2, 0.25) is 0 Å². The molecular formula is C19H18N2O2S3. The van der Waals surface area contributed by atoms with E-state index in [0.29, 0.717) is 10.6 Å². The Balaban J connectivity index is 2.33. The van der Waals surface area contributed by atoms with Gasteiger partial charge in [0.05, 0.1) is 21.7 Å². The number of hydrogen-bond donors (Lipinski definition) is 1. The number of nitrogens with zero attached hydrogens (tertiary/aromatic N) is 1. The van der Waals surface area contributed by atoms with Crippen molar-refractivity contribution in [2.75, 3.05) is 12.5 Å². The smallest absolute Gasteiger partial charge is 0.170 e. The third-order valence-electron chi connectivity index (χ3n) is 3.67. The molecule has 0 aliphatic carbocycles. The van der Waals surface area contributed by atoms with Gasteiger partial charge in [0, 0.05) is 11.8 Å². The predicted octanol–water partition coefficient (Wildman–Crippen LogP) is 4.50. The zero-order valence-corrected chi connectivity index (χ0v) is 16.8. The summed E-state index contributed by atoms with van der Waals surface area (Å²) in [6.45, 7) is 0. The number of pyridine rings is 1. The Labute approximate surface area is 161 Å². The Morgan fingerprint density at radius 2 is 1.92 bits per heavy atom. The van der Waals surface area contributed by atoms with E-state index in [1.807, 2.05) is 60.2 Å². The van der Waals surface area contributed by atoms with Gasteiger partial charge in [-0.25, -0.2) is 13.4 Å². The first-order valence-corrected chi connectivity index (χ1v) is 11.8. The maximum atomic E-state index is 11.7. The van der Waals surface area contributed by atoms with Crippen molar-refractivity contribution in [1.29, 1.82) is 0 Å². The van der Waals surface area contributed by atoms with Gasteiger partial charge in [-0.3, -0.25) is 0 Å². The molecule has 0 bridgehead atoms. The summed E-state index contributed by atoms with van der Waals surface area (Å²) in [6.07, 6.45) is 3.04. The van der Waals surface area contributed by atoms with E-state index in [1.54, 1.807) is 11.3 Å². The van der Waals surface area contributed by atoms with Gasteiger partial charge in [-0.2, -0.15) is 0 Å². The lowest BCUT2D eigenvalue weighted by Gasteiger charge is -2.15. The highest BCUT2D eigenvalue weighted by molar-refractivity contribution is 7.98. The van der Waals surface area contributed by atoms with Gasteiger partial charge in [-0.1, -0.05) is 36.4 Å². The number of benzene rings is 1. The van der Waals surface area contributed by atoms with Gasteiger partial charge in [0.1, 0.15) is 5.03 Å². The normalized spacial score (nSPS) is 12.3. The molecule has 0 saturated heterocycles. The summed E-state index contributed by atoms with van der Waals surface area (Å²) >= 11 is 3.06. The minimum atomic E-state index is -3.37. The van der Waals surface area contributed by atoms with E-state index in [1.165, 1.54) is 11.8 Å². The maximum absolute atomic E-state index is 11.7. The van der Waals surface area contributed by atoms with Crippen molar-refractivity contribution in [3.05, 3.63) is 64.9 Å². The molecule has 3 rings (SSSR count). The fraction of sp³-hybridized carbons (Fsp3) is 0.105. The van der Waals surface area contributed by atoms with Crippen molar-refractivity contribution in [3.63, 3.8) is 0 Å². The molecule has 0 unspecified atom stereocenters. The van der Waals surface area contributed by atoms with Crippen molar-refractivity contribution < 1.29 is 8.42 Å². The monoisotopic (exact) mass is 402 g/mol. The molecule has 0 aliphatic rings. The first-order chi connectivity index (χ1) is 12.4. The van der Waals surface area contributed by atoms with E-state index in [9.17, 15) is 8.42 Å². The third kappa shape index (κ3) is 4.17. The summed E-state index contributed by atoms with van der Waals surface area (Å²) in [4.78, 5) is 5.78. The quantitative estimate of drug-likeness (QED) is 0.636. The molecule has 2 heterocycles. The van der Waals surface area contributed by atoms with Gasteiger partial charge >= 0.3 is 0 Å². The van der Waals surface area contributed by atoms with Crippen LogP contribution in [-0.4, -0.2) is 25.9 Å². The standard InChI is InChI=1S/C19H18N2O2S3/c1-24-19-18(15(20)12-26(2,22)23)14(13-7-4-3-5-8-13)11-16(21-19)17-9-6-10-25-17/h3-12H,20H2,1-2H3/b15-12-. The summed E-state index contributed by atoms with van der Waals surface area (Å²) < 4.78 is 23.5. The molecule has 0 atom stereocenters. The van der Waals surface area contributed by atoms with Crippen molar-refractivity contribution >= 4 is 38.6 Å². The summed E-state index contributed by atoms with van der Waals surface area (Å²) in [6, 6.07) is 15.8. The third-order valence-corrected chi connectivity index (χ3v) is 5.92. The fourth-order valence-electron chi connectivity index (χ4n) is 2.63. The lowest BCUT2D eigenvalue weighted by Crippen LogP contribution is -2.06. The number of thioether (sulfide) groups is 1. The molecule has 3 aromatic rings. The molecule has 2 aromatic heterocycles. The van der Waals surface area contributed by atoms with Crippen LogP contribution < -0.4 is 5.73 Å². The second-order valence-corrected chi connectivity index (χ2v) is 9.32. The molecule has 26 heavy (non-hydrogen) atoms. The fourth-order valence-corrected chi connectivity index (χ4v) is 4.52. The van der Waals surface area contributed by atoms with Gasteiger partial charge in [0.15, 0.2) is 9.84 Å². The van der Waals surface area contributed by atoms with Crippen LogP contribution in [0.15, 0.2) is 64.3 Å². The number of thiophene rings is 1. The number of nitrogens with two attached hydrogens (primary N) is 1. The Kier molecular flexibility index (Phi) is 5.50. The van der Waals surface area contributed by atoms with Crippen molar-refractivity contribution in [1.82, 2.24) is 4.98 Å². The Bertz CT molecular complexity index is 1040. The van der Waals surface area contributed by atoms with Crippen LogP contribution in [0.25, 0.3) is 27.4 Å². The average molecular weight is 403 g/mol. The molecule has 0 spiro atoms. The summed E-state index contributed by atoms with van der Waals surface area (Å²) in [5, 5.41) is 3.80.